The summed E-state index contributed by atoms with van der Waals surface area (Å²) < 4.78 is 40.7. The normalized spacial score (nSPS) is 13.6. The van der Waals surface area contributed by atoms with Gasteiger partial charge in [-0.05, 0) is 19.8 Å². The van der Waals surface area contributed by atoms with Crippen molar-refractivity contribution in [2.24, 2.45) is 11.7 Å². The molecule has 0 aliphatic rings. The average molecular weight is 425 g/mol. The Morgan fingerprint density at radius 2 is 1.31 bits per heavy atom. The smallest absolute Gasteiger partial charge is 0.223 e. The van der Waals surface area contributed by atoms with Crippen molar-refractivity contribution in [3.05, 3.63) is 0 Å². The van der Waals surface area contributed by atoms with Gasteiger partial charge in [-0.25, -0.2) is 4.39 Å². The second-order valence-corrected chi connectivity index (χ2v) is 6.59. The average Bonchev–Trinajstić information content (AvgIpc) is 2.72. The zero-order valence-corrected chi connectivity index (χ0v) is 18.3. The maximum absolute atomic E-state index is 14.1. The maximum atomic E-state index is 14.1. The third-order valence-electron chi connectivity index (χ3n) is 4.32. The number of nitrogens with two attached hydrogens (primary N) is 1. The highest BCUT2D eigenvalue weighted by Crippen LogP contribution is 2.08. The molecular formula is C20H41FN2O6. The standard InChI is InChI=1S/C20H41FN2O6/c1-4-18(5-2)20(24)23-16-19(21)17(3)29-15-14-28-13-12-27-11-10-26-9-8-25-7-6-22/h17-19H,4-16,22H2,1-3H3,(H,23,24). The molecule has 0 aromatic carbocycles. The van der Waals surface area contributed by atoms with Crippen LogP contribution in [0, 0.1) is 5.92 Å². The molecule has 0 rings (SSSR count). The Bertz CT molecular complexity index is 375. The lowest BCUT2D eigenvalue weighted by atomic mass is 10.0. The predicted octanol–water partition coefficient (Wildman–Crippen LogP) is 1.31. The Hall–Kier alpha value is -0.840. The highest BCUT2D eigenvalue weighted by Gasteiger charge is 2.20. The van der Waals surface area contributed by atoms with Gasteiger partial charge >= 0.3 is 0 Å². The van der Waals surface area contributed by atoms with Gasteiger partial charge in [0.1, 0.15) is 6.17 Å². The second kappa shape index (κ2) is 20.4. The van der Waals surface area contributed by atoms with Crippen LogP contribution in [0.3, 0.4) is 0 Å². The third kappa shape index (κ3) is 16.6. The minimum Gasteiger partial charge on any atom is -0.378 e. The monoisotopic (exact) mass is 424 g/mol. The van der Waals surface area contributed by atoms with Gasteiger partial charge in [-0.15, -0.1) is 0 Å². The second-order valence-electron chi connectivity index (χ2n) is 6.59. The van der Waals surface area contributed by atoms with Crippen molar-refractivity contribution in [1.82, 2.24) is 5.32 Å². The molecule has 0 saturated heterocycles. The van der Waals surface area contributed by atoms with Gasteiger partial charge in [-0.3, -0.25) is 4.79 Å². The SMILES string of the molecule is CCC(CC)C(=O)NCC(F)C(C)OCCOCCOCCOCCOCCN. The molecule has 0 aliphatic carbocycles. The van der Waals surface area contributed by atoms with E-state index in [0.717, 1.165) is 12.8 Å². The summed E-state index contributed by atoms with van der Waals surface area (Å²) >= 11 is 0. The van der Waals surface area contributed by atoms with Crippen LogP contribution >= 0.6 is 0 Å². The molecule has 0 fully saturated rings. The molecular weight excluding hydrogens is 383 g/mol. The zero-order chi connectivity index (χ0) is 21.7. The number of amides is 1. The number of carbonyl (C=O) groups is 1. The summed E-state index contributed by atoms with van der Waals surface area (Å²) in [6, 6.07) is 0. The summed E-state index contributed by atoms with van der Waals surface area (Å²) in [5.74, 6) is -0.158. The first-order valence-corrected chi connectivity index (χ1v) is 10.6. The molecule has 0 bridgehead atoms. The van der Waals surface area contributed by atoms with Crippen molar-refractivity contribution in [3.63, 3.8) is 0 Å². The molecule has 174 valence electrons. The number of hydrogen-bond acceptors (Lipinski definition) is 7. The number of hydrogen-bond donors (Lipinski definition) is 2. The minimum absolute atomic E-state index is 0.0353. The van der Waals surface area contributed by atoms with E-state index in [4.69, 9.17) is 29.4 Å². The number of rotatable bonds is 21. The largest absolute Gasteiger partial charge is 0.378 e. The van der Waals surface area contributed by atoms with E-state index in [1.54, 1.807) is 6.92 Å². The molecule has 0 radical (unpaired) electrons. The van der Waals surface area contributed by atoms with E-state index in [-0.39, 0.29) is 25.0 Å². The first-order valence-electron chi connectivity index (χ1n) is 10.6. The number of nitrogens with one attached hydrogen (secondary N) is 1. The summed E-state index contributed by atoms with van der Waals surface area (Å²) in [5.41, 5.74) is 5.30. The van der Waals surface area contributed by atoms with Crippen LogP contribution in [0.25, 0.3) is 0 Å². The first kappa shape index (κ1) is 28.2. The van der Waals surface area contributed by atoms with Crippen molar-refractivity contribution >= 4 is 5.91 Å². The lowest BCUT2D eigenvalue weighted by Crippen LogP contribution is -2.39. The summed E-state index contributed by atoms with van der Waals surface area (Å²) in [5, 5.41) is 2.65. The maximum Gasteiger partial charge on any atom is 0.223 e. The number of alkyl halides is 1. The zero-order valence-electron chi connectivity index (χ0n) is 18.3. The fourth-order valence-electron chi connectivity index (χ4n) is 2.41. The van der Waals surface area contributed by atoms with Crippen molar-refractivity contribution in [1.29, 1.82) is 0 Å². The molecule has 0 aliphatic heterocycles. The number of carbonyl (C=O) groups excluding carboxylic acids is 1. The molecule has 9 heteroatoms. The molecule has 29 heavy (non-hydrogen) atoms. The van der Waals surface area contributed by atoms with Crippen molar-refractivity contribution in [3.8, 4) is 0 Å². The highest BCUT2D eigenvalue weighted by molar-refractivity contribution is 5.78. The van der Waals surface area contributed by atoms with Gasteiger partial charge in [0.25, 0.3) is 0 Å². The van der Waals surface area contributed by atoms with E-state index >= 15 is 0 Å². The molecule has 0 saturated carbocycles. The Labute approximate surface area is 174 Å². The van der Waals surface area contributed by atoms with Crippen LogP contribution in [-0.4, -0.2) is 90.7 Å². The Balaban J connectivity index is 3.46. The van der Waals surface area contributed by atoms with Crippen LogP contribution in [0.5, 0.6) is 0 Å². The van der Waals surface area contributed by atoms with Crippen LogP contribution in [0.15, 0.2) is 0 Å². The lowest BCUT2D eigenvalue weighted by molar-refractivity contribution is -0.125. The summed E-state index contributed by atoms with van der Waals surface area (Å²) in [7, 11) is 0. The molecule has 0 heterocycles. The highest BCUT2D eigenvalue weighted by atomic mass is 19.1. The summed E-state index contributed by atoms with van der Waals surface area (Å²) in [6.45, 7) is 10.1. The fourth-order valence-corrected chi connectivity index (χ4v) is 2.41. The Kier molecular flexibility index (Phi) is 19.8. The topological polar surface area (TPSA) is 101 Å². The molecule has 8 nitrogen and oxygen atoms in total. The van der Waals surface area contributed by atoms with Gasteiger partial charge in [0.05, 0.1) is 72.1 Å². The van der Waals surface area contributed by atoms with Crippen LogP contribution in [0.4, 0.5) is 4.39 Å². The molecule has 1 amide bonds. The van der Waals surface area contributed by atoms with Crippen molar-refractivity contribution in [2.45, 2.75) is 45.9 Å². The van der Waals surface area contributed by atoms with Gasteiger partial charge in [0, 0.05) is 12.5 Å². The van der Waals surface area contributed by atoms with E-state index in [1.165, 1.54) is 0 Å². The van der Waals surface area contributed by atoms with E-state index in [2.05, 4.69) is 5.32 Å². The predicted molar refractivity (Wildman–Crippen MR) is 110 cm³/mol. The lowest BCUT2D eigenvalue weighted by Gasteiger charge is -2.19. The van der Waals surface area contributed by atoms with Crippen LogP contribution in [-0.2, 0) is 28.5 Å². The molecule has 0 spiro atoms. The molecule has 0 aromatic heterocycles. The van der Waals surface area contributed by atoms with E-state index in [1.807, 2.05) is 13.8 Å². The molecule has 2 unspecified atom stereocenters. The van der Waals surface area contributed by atoms with Gasteiger partial charge in [0.15, 0.2) is 0 Å². The van der Waals surface area contributed by atoms with Crippen molar-refractivity contribution < 1.29 is 32.9 Å². The van der Waals surface area contributed by atoms with Gasteiger partial charge in [0.2, 0.25) is 5.91 Å². The van der Waals surface area contributed by atoms with E-state index < -0.39 is 12.3 Å². The minimum atomic E-state index is -1.25. The summed E-state index contributed by atoms with van der Waals surface area (Å²) in [6.07, 6.45) is -0.354. The number of ether oxygens (including phenoxy) is 5. The quantitative estimate of drug-likeness (QED) is 0.268. The molecule has 0 aromatic rings. The number of halogens is 1. The van der Waals surface area contributed by atoms with E-state index in [9.17, 15) is 9.18 Å². The fraction of sp³-hybridized carbons (Fsp3) is 0.950. The Morgan fingerprint density at radius 1 is 0.862 bits per heavy atom. The van der Waals surface area contributed by atoms with Gasteiger partial charge < -0.3 is 34.7 Å². The van der Waals surface area contributed by atoms with Crippen LogP contribution in [0.1, 0.15) is 33.6 Å². The molecule has 3 N–H and O–H groups in total. The van der Waals surface area contributed by atoms with Crippen LogP contribution in [0.2, 0.25) is 0 Å². The summed E-state index contributed by atoms with van der Waals surface area (Å²) in [4.78, 5) is 11.9. The van der Waals surface area contributed by atoms with E-state index in [0.29, 0.717) is 59.4 Å². The van der Waals surface area contributed by atoms with Gasteiger partial charge in [-0.2, -0.15) is 0 Å². The van der Waals surface area contributed by atoms with Crippen LogP contribution < -0.4 is 11.1 Å². The van der Waals surface area contributed by atoms with Crippen molar-refractivity contribution in [2.75, 3.05) is 72.6 Å². The Morgan fingerprint density at radius 3 is 1.76 bits per heavy atom. The first-order chi connectivity index (χ1) is 14.1. The van der Waals surface area contributed by atoms with Gasteiger partial charge in [-0.1, -0.05) is 13.8 Å². The molecule has 2 atom stereocenters. The third-order valence-corrected chi connectivity index (χ3v) is 4.32.